The average Bonchev–Trinajstić information content (AvgIpc) is 3.37. The maximum absolute atomic E-state index is 12.5. The van der Waals surface area contributed by atoms with Gasteiger partial charge in [0.15, 0.2) is 0 Å². The molecule has 2 N–H and O–H groups in total. The standard InChI is InChI=1S/C22H31N3O4S/c26-20(25-12-2-1-3-13-25)11-6-14-30(28,29)24-22(27)23-21-18-9-4-7-16(18)15-17-8-5-10-19(17)21/h15H,1-14H2,(H2,23,24,27). The van der Waals surface area contributed by atoms with E-state index in [1.165, 1.54) is 11.1 Å². The van der Waals surface area contributed by atoms with Gasteiger partial charge in [0.25, 0.3) is 0 Å². The van der Waals surface area contributed by atoms with E-state index in [2.05, 4.69) is 16.1 Å². The Morgan fingerprint density at radius 3 is 2.17 bits per heavy atom. The number of carbonyl (C=O) groups is 2. The molecular weight excluding hydrogens is 402 g/mol. The van der Waals surface area contributed by atoms with Crippen molar-refractivity contribution in [2.24, 2.45) is 0 Å². The topological polar surface area (TPSA) is 95.6 Å². The summed E-state index contributed by atoms with van der Waals surface area (Å²) in [6, 6.07) is 1.57. The van der Waals surface area contributed by atoms with Crippen molar-refractivity contribution in [2.45, 2.75) is 70.6 Å². The lowest BCUT2D eigenvalue weighted by Crippen LogP contribution is -2.38. The second-order valence-corrected chi connectivity index (χ2v) is 10.5. The molecule has 7 nitrogen and oxygen atoms in total. The number of aryl methyl sites for hydroxylation is 2. The first-order valence-electron chi connectivity index (χ1n) is 11.2. The van der Waals surface area contributed by atoms with Crippen LogP contribution in [0.4, 0.5) is 10.5 Å². The number of nitrogens with one attached hydrogen (secondary N) is 2. The summed E-state index contributed by atoms with van der Waals surface area (Å²) in [5.41, 5.74) is 5.71. The van der Waals surface area contributed by atoms with Gasteiger partial charge >= 0.3 is 6.03 Å². The van der Waals surface area contributed by atoms with Crippen LogP contribution in [0, 0.1) is 0 Å². The Bertz CT molecular complexity index is 904. The van der Waals surface area contributed by atoms with Gasteiger partial charge in [0.2, 0.25) is 15.9 Å². The zero-order valence-electron chi connectivity index (χ0n) is 17.5. The van der Waals surface area contributed by atoms with Crippen molar-refractivity contribution in [1.29, 1.82) is 0 Å². The van der Waals surface area contributed by atoms with Crippen LogP contribution in [-0.2, 0) is 40.5 Å². The average molecular weight is 434 g/mol. The molecule has 0 atom stereocenters. The van der Waals surface area contributed by atoms with E-state index in [1.807, 2.05) is 4.90 Å². The number of hydrogen-bond acceptors (Lipinski definition) is 4. The minimum absolute atomic E-state index is 0.00441. The normalized spacial score (nSPS) is 18.1. The highest BCUT2D eigenvalue weighted by atomic mass is 32.2. The van der Waals surface area contributed by atoms with Crippen LogP contribution in [0.15, 0.2) is 6.07 Å². The minimum Gasteiger partial charge on any atom is -0.343 e. The molecule has 8 heteroatoms. The third-order valence-corrected chi connectivity index (χ3v) is 7.79. The van der Waals surface area contributed by atoms with Gasteiger partial charge in [0.1, 0.15) is 0 Å². The second kappa shape index (κ2) is 8.96. The fraction of sp³-hybridized carbons (Fsp3) is 0.636. The van der Waals surface area contributed by atoms with Crippen LogP contribution >= 0.6 is 0 Å². The molecule has 0 unspecified atom stereocenters. The van der Waals surface area contributed by atoms with Crippen molar-refractivity contribution in [3.05, 3.63) is 28.3 Å². The summed E-state index contributed by atoms with van der Waals surface area (Å²) in [7, 11) is -3.79. The number of benzene rings is 1. The Labute approximate surface area is 178 Å². The molecule has 0 bridgehead atoms. The zero-order valence-corrected chi connectivity index (χ0v) is 18.3. The lowest BCUT2D eigenvalue weighted by Gasteiger charge is -2.26. The van der Waals surface area contributed by atoms with E-state index < -0.39 is 16.1 Å². The van der Waals surface area contributed by atoms with Crippen LogP contribution in [0.5, 0.6) is 0 Å². The highest BCUT2D eigenvalue weighted by Gasteiger charge is 2.26. The monoisotopic (exact) mass is 433 g/mol. The summed E-state index contributed by atoms with van der Waals surface area (Å²) in [6.07, 6.45) is 9.59. The van der Waals surface area contributed by atoms with Gasteiger partial charge in [0, 0.05) is 25.2 Å². The molecule has 1 heterocycles. The van der Waals surface area contributed by atoms with Gasteiger partial charge in [0.05, 0.1) is 5.75 Å². The summed E-state index contributed by atoms with van der Waals surface area (Å²) < 4.78 is 26.9. The lowest BCUT2D eigenvalue weighted by molar-refractivity contribution is -0.132. The smallest absolute Gasteiger partial charge is 0.332 e. The van der Waals surface area contributed by atoms with Gasteiger partial charge in [-0.2, -0.15) is 0 Å². The molecule has 30 heavy (non-hydrogen) atoms. The SMILES string of the molecule is O=C(Nc1c2c(cc3c1CCC3)CCC2)NS(=O)(=O)CCCC(=O)N1CCCCC1. The maximum Gasteiger partial charge on any atom is 0.332 e. The Kier molecular flexibility index (Phi) is 6.32. The van der Waals surface area contributed by atoms with E-state index in [0.717, 1.165) is 87.7 Å². The summed E-state index contributed by atoms with van der Waals surface area (Å²) >= 11 is 0. The molecule has 1 aromatic rings. The summed E-state index contributed by atoms with van der Waals surface area (Å²) in [6.45, 7) is 1.52. The first-order chi connectivity index (χ1) is 14.4. The maximum atomic E-state index is 12.5. The van der Waals surface area contributed by atoms with Gasteiger partial charge < -0.3 is 10.2 Å². The Hall–Kier alpha value is -2.09. The Balaban J connectivity index is 1.32. The number of hydrogen-bond donors (Lipinski definition) is 2. The van der Waals surface area contributed by atoms with Crippen molar-refractivity contribution in [3.63, 3.8) is 0 Å². The molecule has 0 aromatic heterocycles. The fourth-order valence-corrected chi connectivity index (χ4v) is 5.97. The van der Waals surface area contributed by atoms with Crippen LogP contribution in [0.25, 0.3) is 0 Å². The van der Waals surface area contributed by atoms with E-state index in [-0.39, 0.29) is 24.5 Å². The molecule has 164 valence electrons. The number of carbonyl (C=O) groups excluding carboxylic acids is 2. The Morgan fingerprint density at radius 1 is 0.900 bits per heavy atom. The number of nitrogens with zero attached hydrogens (tertiary/aromatic N) is 1. The second-order valence-electron chi connectivity index (χ2n) is 8.65. The number of urea groups is 1. The van der Waals surface area contributed by atoms with Crippen molar-refractivity contribution in [2.75, 3.05) is 24.2 Å². The van der Waals surface area contributed by atoms with E-state index in [9.17, 15) is 18.0 Å². The first kappa shape index (κ1) is 21.2. The van der Waals surface area contributed by atoms with Crippen molar-refractivity contribution >= 4 is 27.6 Å². The molecule has 0 radical (unpaired) electrons. The summed E-state index contributed by atoms with van der Waals surface area (Å²) in [5.74, 6) is -0.227. The first-order valence-corrected chi connectivity index (χ1v) is 12.8. The molecule has 1 fully saturated rings. The van der Waals surface area contributed by atoms with Crippen LogP contribution < -0.4 is 10.0 Å². The fourth-order valence-electron chi connectivity index (χ4n) is 5.01. The molecular formula is C22H31N3O4S. The number of anilines is 1. The van der Waals surface area contributed by atoms with E-state index in [4.69, 9.17) is 0 Å². The van der Waals surface area contributed by atoms with Crippen LogP contribution in [-0.4, -0.2) is 44.1 Å². The third-order valence-electron chi connectivity index (χ3n) is 6.47. The largest absolute Gasteiger partial charge is 0.343 e. The molecule has 1 aromatic carbocycles. The highest BCUT2D eigenvalue weighted by molar-refractivity contribution is 7.90. The molecule has 4 rings (SSSR count). The quantitative estimate of drug-likeness (QED) is 0.721. The molecule has 0 saturated carbocycles. The van der Waals surface area contributed by atoms with Gasteiger partial charge in [-0.1, -0.05) is 6.07 Å². The minimum atomic E-state index is -3.79. The molecule has 1 aliphatic heterocycles. The van der Waals surface area contributed by atoms with Gasteiger partial charge in [-0.15, -0.1) is 0 Å². The number of piperidine rings is 1. The van der Waals surface area contributed by atoms with Crippen molar-refractivity contribution < 1.29 is 18.0 Å². The third kappa shape index (κ3) is 4.79. The summed E-state index contributed by atoms with van der Waals surface area (Å²) in [4.78, 5) is 26.5. The summed E-state index contributed by atoms with van der Waals surface area (Å²) in [5, 5.41) is 2.85. The molecule has 3 amide bonds. The van der Waals surface area contributed by atoms with Gasteiger partial charge in [-0.05, 0) is 86.5 Å². The number of sulfonamides is 1. The number of rotatable bonds is 6. The van der Waals surface area contributed by atoms with Crippen LogP contribution in [0.2, 0.25) is 0 Å². The van der Waals surface area contributed by atoms with E-state index in [1.54, 1.807) is 0 Å². The zero-order chi connectivity index (χ0) is 21.1. The van der Waals surface area contributed by atoms with Crippen molar-refractivity contribution in [3.8, 4) is 0 Å². The molecule has 1 saturated heterocycles. The van der Waals surface area contributed by atoms with Crippen LogP contribution in [0.1, 0.15) is 67.2 Å². The van der Waals surface area contributed by atoms with Gasteiger partial charge in [-0.25, -0.2) is 17.9 Å². The molecule has 3 aliphatic rings. The lowest BCUT2D eigenvalue weighted by atomic mass is 9.99. The van der Waals surface area contributed by atoms with Crippen molar-refractivity contribution in [1.82, 2.24) is 9.62 Å². The predicted octanol–water partition coefficient (Wildman–Crippen LogP) is 2.91. The number of likely N-dealkylation sites (tertiary alicyclic amines) is 1. The molecule has 0 spiro atoms. The van der Waals surface area contributed by atoms with Gasteiger partial charge in [-0.3, -0.25) is 4.79 Å². The van der Waals surface area contributed by atoms with E-state index >= 15 is 0 Å². The Morgan fingerprint density at radius 2 is 1.53 bits per heavy atom. The molecule has 2 aliphatic carbocycles. The highest BCUT2D eigenvalue weighted by Crippen LogP contribution is 2.38. The number of amides is 3. The van der Waals surface area contributed by atoms with Crippen LogP contribution in [0.3, 0.4) is 0 Å². The predicted molar refractivity (Wildman–Crippen MR) is 116 cm³/mol. The van der Waals surface area contributed by atoms with E-state index in [0.29, 0.717) is 0 Å². The number of fused-ring (bicyclic) bond motifs is 2.